The van der Waals surface area contributed by atoms with Crippen LogP contribution >= 0.6 is 22.9 Å². The summed E-state index contributed by atoms with van der Waals surface area (Å²) in [5, 5.41) is 21.6. The number of ether oxygens (including phenoxy) is 1. The highest BCUT2D eigenvalue weighted by atomic mass is 35.5. The van der Waals surface area contributed by atoms with Crippen LogP contribution in [0.15, 0.2) is 60.2 Å². The van der Waals surface area contributed by atoms with Gasteiger partial charge in [-0.3, -0.25) is 14.6 Å². The number of alkyl halides is 3. The van der Waals surface area contributed by atoms with Gasteiger partial charge in [-0.25, -0.2) is 4.79 Å². The van der Waals surface area contributed by atoms with Crippen molar-refractivity contribution in [1.82, 2.24) is 9.88 Å². The molecule has 1 amide bonds. The Labute approximate surface area is 243 Å². The minimum atomic E-state index is -5.08. The van der Waals surface area contributed by atoms with Gasteiger partial charge in [-0.05, 0) is 54.6 Å². The third-order valence-electron chi connectivity index (χ3n) is 5.27. The summed E-state index contributed by atoms with van der Waals surface area (Å²) >= 11 is 7.89. The molecule has 2 heterocycles. The number of carboxylic acid groups (broad SMARTS) is 2. The Balaban J connectivity index is 0.000000745. The van der Waals surface area contributed by atoms with Crippen molar-refractivity contribution in [1.29, 1.82) is 0 Å². The van der Waals surface area contributed by atoms with E-state index < -0.39 is 18.1 Å². The minimum absolute atomic E-state index is 0.131. The van der Waals surface area contributed by atoms with E-state index in [1.807, 2.05) is 29.6 Å². The molecule has 0 aliphatic carbocycles. The van der Waals surface area contributed by atoms with Crippen molar-refractivity contribution < 1.29 is 42.5 Å². The van der Waals surface area contributed by atoms with Gasteiger partial charge in [-0.2, -0.15) is 13.2 Å². The van der Waals surface area contributed by atoms with Crippen LogP contribution in [-0.2, 0) is 16.1 Å². The highest BCUT2D eigenvalue weighted by Gasteiger charge is 2.38. The number of anilines is 1. The number of nitrogens with zero attached hydrogens (tertiary/aromatic N) is 2. The lowest BCUT2D eigenvalue weighted by atomic mass is 10.1. The van der Waals surface area contributed by atoms with Crippen LogP contribution in [0.5, 0.6) is 5.75 Å². The van der Waals surface area contributed by atoms with E-state index in [2.05, 4.69) is 10.3 Å². The molecule has 0 saturated heterocycles. The molecule has 3 aromatic rings. The van der Waals surface area contributed by atoms with Gasteiger partial charge in [-0.1, -0.05) is 24.1 Å². The standard InChI is InChI=1S/C25H28ClN3O4S.C2HF3O2/c26-20-15-19(16-22(17-20)33-13-11-28-21-7-9-27-10-8-21)25(32)29(18-23-5-4-14-34-23)12-3-1-2-6-24(30)31;3-2(4,5)1(6)7/h4-5,7-10,14-17H,1-3,6,11-13,18H2,(H,27,28)(H,30,31);(H,6,7). The smallest absolute Gasteiger partial charge is 0.490 e. The number of aliphatic carboxylic acids is 2. The van der Waals surface area contributed by atoms with E-state index in [-0.39, 0.29) is 12.3 Å². The highest BCUT2D eigenvalue weighted by molar-refractivity contribution is 7.09. The topological polar surface area (TPSA) is 129 Å². The summed E-state index contributed by atoms with van der Waals surface area (Å²) in [5.74, 6) is -3.15. The summed E-state index contributed by atoms with van der Waals surface area (Å²) in [6.07, 6.45) is 0.561. The molecule has 0 unspecified atom stereocenters. The number of aromatic nitrogens is 1. The Hall–Kier alpha value is -3.84. The summed E-state index contributed by atoms with van der Waals surface area (Å²) in [6.45, 7) is 2.02. The number of amides is 1. The quantitative estimate of drug-likeness (QED) is 0.183. The van der Waals surface area contributed by atoms with Crippen molar-refractivity contribution in [2.24, 2.45) is 0 Å². The van der Waals surface area contributed by atoms with E-state index in [1.165, 1.54) is 0 Å². The van der Waals surface area contributed by atoms with E-state index in [0.717, 1.165) is 23.4 Å². The zero-order chi connectivity index (χ0) is 30.3. The predicted molar refractivity (Wildman–Crippen MR) is 149 cm³/mol. The third kappa shape index (κ3) is 13.4. The Morgan fingerprint density at radius 3 is 2.37 bits per heavy atom. The average molecular weight is 616 g/mol. The molecule has 1 aromatic carbocycles. The Kier molecular flexibility index (Phi) is 13.9. The largest absolute Gasteiger partial charge is 0.492 e. The fourth-order valence-electron chi connectivity index (χ4n) is 3.38. The molecule has 0 spiro atoms. The number of hydrogen-bond acceptors (Lipinski definition) is 7. The second kappa shape index (κ2) is 17.1. The van der Waals surface area contributed by atoms with E-state index in [1.54, 1.807) is 46.8 Å². The molecule has 0 aliphatic rings. The van der Waals surface area contributed by atoms with Crippen molar-refractivity contribution in [3.05, 3.63) is 75.7 Å². The van der Waals surface area contributed by atoms with Gasteiger partial charge in [0.15, 0.2) is 0 Å². The maximum absolute atomic E-state index is 13.4. The number of thiophene rings is 1. The summed E-state index contributed by atoms with van der Waals surface area (Å²) in [5.41, 5.74) is 1.42. The molecule has 0 bridgehead atoms. The molecule has 41 heavy (non-hydrogen) atoms. The lowest BCUT2D eigenvalue weighted by Gasteiger charge is -2.23. The number of rotatable bonds is 14. The van der Waals surface area contributed by atoms with Gasteiger partial charge >= 0.3 is 18.1 Å². The summed E-state index contributed by atoms with van der Waals surface area (Å²) in [4.78, 5) is 39.9. The number of unbranched alkanes of at least 4 members (excludes halogenated alkanes) is 2. The Morgan fingerprint density at radius 2 is 1.76 bits per heavy atom. The second-order valence-corrected chi connectivity index (χ2v) is 9.97. The van der Waals surface area contributed by atoms with E-state index in [9.17, 15) is 22.8 Å². The molecule has 2 aromatic heterocycles. The van der Waals surface area contributed by atoms with Crippen LogP contribution in [-0.4, -0.2) is 63.8 Å². The molecule has 222 valence electrons. The molecule has 0 radical (unpaired) electrons. The lowest BCUT2D eigenvalue weighted by Crippen LogP contribution is -2.31. The number of carboxylic acids is 2. The molecule has 0 atom stereocenters. The molecule has 0 aliphatic heterocycles. The van der Waals surface area contributed by atoms with Crippen LogP contribution in [0.1, 0.15) is 40.9 Å². The van der Waals surface area contributed by atoms with E-state index in [4.69, 9.17) is 31.3 Å². The van der Waals surface area contributed by atoms with E-state index in [0.29, 0.717) is 49.0 Å². The molecule has 0 fully saturated rings. The fourth-order valence-corrected chi connectivity index (χ4v) is 4.33. The number of hydrogen-bond donors (Lipinski definition) is 3. The number of benzene rings is 1. The van der Waals surface area contributed by atoms with Gasteiger partial charge < -0.3 is 25.2 Å². The van der Waals surface area contributed by atoms with Gasteiger partial charge in [0.25, 0.3) is 5.91 Å². The van der Waals surface area contributed by atoms with Gasteiger partial charge in [0, 0.05) is 53.1 Å². The lowest BCUT2D eigenvalue weighted by molar-refractivity contribution is -0.192. The number of nitrogens with one attached hydrogen (secondary N) is 1. The first-order valence-electron chi connectivity index (χ1n) is 12.4. The SMILES string of the molecule is O=C(O)C(F)(F)F.O=C(O)CCCCCN(Cc1cccs1)C(=O)c1cc(Cl)cc(OCCNc2ccncc2)c1. The van der Waals surface area contributed by atoms with Crippen LogP contribution < -0.4 is 10.1 Å². The van der Waals surface area contributed by atoms with Crippen molar-refractivity contribution in [3.63, 3.8) is 0 Å². The maximum atomic E-state index is 13.4. The van der Waals surface area contributed by atoms with Gasteiger partial charge in [0.05, 0.1) is 6.54 Å². The number of carbonyl (C=O) groups is 3. The minimum Gasteiger partial charge on any atom is -0.492 e. The summed E-state index contributed by atoms with van der Waals surface area (Å²) < 4.78 is 37.6. The molecule has 9 nitrogen and oxygen atoms in total. The Bertz CT molecular complexity index is 1250. The van der Waals surface area contributed by atoms with Crippen molar-refractivity contribution in [2.45, 2.75) is 38.4 Å². The zero-order valence-corrected chi connectivity index (χ0v) is 23.3. The summed E-state index contributed by atoms with van der Waals surface area (Å²) in [6, 6.07) is 12.8. The van der Waals surface area contributed by atoms with Crippen LogP contribution in [0.2, 0.25) is 5.02 Å². The molecule has 14 heteroatoms. The molecule has 0 saturated carbocycles. The van der Waals surface area contributed by atoms with Crippen LogP contribution in [0, 0.1) is 0 Å². The first kappa shape index (κ1) is 33.4. The fraction of sp³-hybridized carbons (Fsp3) is 0.333. The van der Waals surface area contributed by atoms with E-state index >= 15 is 0 Å². The Morgan fingerprint density at radius 1 is 1.05 bits per heavy atom. The maximum Gasteiger partial charge on any atom is 0.490 e. The molecular weight excluding hydrogens is 587 g/mol. The second-order valence-electron chi connectivity index (χ2n) is 8.50. The van der Waals surface area contributed by atoms with Gasteiger partial charge in [-0.15, -0.1) is 11.3 Å². The molecule has 3 N–H and O–H groups in total. The van der Waals surface area contributed by atoms with Gasteiger partial charge in [0.2, 0.25) is 0 Å². The monoisotopic (exact) mass is 615 g/mol. The van der Waals surface area contributed by atoms with Gasteiger partial charge in [0.1, 0.15) is 12.4 Å². The molecule has 3 rings (SSSR count). The first-order valence-corrected chi connectivity index (χ1v) is 13.6. The molecular formula is C27H29ClF3N3O6S. The first-order chi connectivity index (χ1) is 19.5. The van der Waals surface area contributed by atoms with Crippen LogP contribution in [0.25, 0.3) is 0 Å². The number of carbonyl (C=O) groups excluding carboxylic acids is 1. The van der Waals surface area contributed by atoms with Crippen LogP contribution in [0.4, 0.5) is 18.9 Å². The van der Waals surface area contributed by atoms with Crippen LogP contribution in [0.3, 0.4) is 0 Å². The number of pyridine rings is 1. The summed E-state index contributed by atoms with van der Waals surface area (Å²) in [7, 11) is 0. The van der Waals surface area contributed by atoms with Crippen molar-refractivity contribution in [3.8, 4) is 5.75 Å². The van der Waals surface area contributed by atoms with Crippen molar-refractivity contribution >= 4 is 46.5 Å². The average Bonchev–Trinajstić information content (AvgIpc) is 3.43. The van der Waals surface area contributed by atoms with Crippen molar-refractivity contribution in [2.75, 3.05) is 25.0 Å². The number of halogens is 4. The highest BCUT2D eigenvalue weighted by Crippen LogP contribution is 2.24. The zero-order valence-electron chi connectivity index (χ0n) is 21.8. The normalized spacial score (nSPS) is 10.7. The third-order valence-corrected chi connectivity index (χ3v) is 6.35. The predicted octanol–water partition coefficient (Wildman–Crippen LogP) is 6.21.